The molecular formula is C16H19NO. The fraction of sp³-hybridized carbons (Fsp3) is 0.438. The molecule has 1 fully saturated rings. The number of aromatic nitrogens is 1. The Balaban J connectivity index is 2.40. The second-order valence-electron chi connectivity index (χ2n) is 5.29. The molecule has 94 valence electrons. The van der Waals surface area contributed by atoms with Gasteiger partial charge in [0, 0.05) is 18.1 Å². The molecule has 0 saturated heterocycles. The van der Waals surface area contributed by atoms with Gasteiger partial charge in [-0.25, -0.2) is 0 Å². The number of pyridine rings is 1. The first-order valence-electron chi connectivity index (χ1n) is 6.84. The molecule has 0 N–H and O–H groups in total. The normalized spacial score (nSPS) is 15.2. The maximum absolute atomic E-state index is 12.4. The van der Waals surface area contributed by atoms with Gasteiger partial charge in [-0.05, 0) is 42.2 Å². The van der Waals surface area contributed by atoms with Gasteiger partial charge in [0.1, 0.15) is 0 Å². The molecule has 0 radical (unpaired) electrons. The highest BCUT2D eigenvalue weighted by Crippen LogP contribution is 2.44. The van der Waals surface area contributed by atoms with Crippen molar-refractivity contribution in [1.82, 2.24) is 4.57 Å². The summed E-state index contributed by atoms with van der Waals surface area (Å²) in [6.07, 6.45) is 4.64. The van der Waals surface area contributed by atoms with Gasteiger partial charge in [-0.3, -0.25) is 4.79 Å². The summed E-state index contributed by atoms with van der Waals surface area (Å²) in [5, 5.41) is 2.06. The third kappa shape index (κ3) is 1.67. The van der Waals surface area contributed by atoms with Gasteiger partial charge in [0.2, 0.25) is 0 Å². The van der Waals surface area contributed by atoms with Crippen LogP contribution in [0, 0.1) is 0 Å². The minimum atomic E-state index is 0.151. The molecule has 0 bridgehead atoms. The van der Waals surface area contributed by atoms with E-state index < -0.39 is 0 Å². The van der Waals surface area contributed by atoms with Gasteiger partial charge < -0.3 is 4.57 Å². The van der Waals surface area contributed by atoms with Crippen molar-refractivity contribution >= 4 is 10.8 Å². The number of fused-ring (bicyclic) bond motifs is 1. The lowest BCUT2D eigenvalue weighted by Gasteiger charge is -2.16. The minimum absolute atomic E-state index is 0.151. The number of hydrogen-bond donors (Lipinski definition) is 0. The van der Waals surface area contributed by atoms with Crippen molar-refractivity contribution in [3.8, 4) is 0 Å². The average molecular weight is 241 g/mol. The predicted molar refractivity (Wildman–Crippen MR) is 75.2 cm³/mol. The van der Waals surface area contributed by atoms with Crippen molar-refractivity contribution in [2.75, 3.05) is 0 Å². The van der Waals surface area contributed by atoms with Gasteiger partial charge >= 0.3 is 0 Å². The Bertz CT molecular complexity index is 650. The molecule has 0 unspecified atom stereocenters. The topological polar surface area (TPSA) is 22.0 Å². The zero-order valence-electron chi connectivity index (χ0n) is 11.1. The van der Waals surface area contributed by atoms with E-state index in [4.69, 9.17) is 0 Å². The smallest absolute Gasteiger partial charge is 0.258 e. The molecule has 1 aliphatic carbocycles. The summed E-state index contributed by atoms with van der Waals surface area (Å²) in [5.74, 6) is 0.684. The summed E-state index contributed by atoms with van der Waals surface area (Å²) in [7, 11) is 1.92. The predicted octanol–water partition coefficient (Wildman–Crippen LogP) is 3.37. The number of nitrogens with zero attached hydrogens (tertiary/aromatic N) is 1. The Morgan fingerprint density at radius 1 is 1.22 bits per heavy atom. The maximum Gasteiger partial charge on any atom is 0.258 e. The molecule has 1 heterocycles. The van der Waals surface area contributed by atoms with Crippen LogP contribution in [0.15, 0.2) is 29.1 Å². The Hall–Kier alpha value is -1.57. The third-order valence-electron chi connectivity index (χ3n) is 3.94. The molecule has 3 rings (SSSR count). The van der Waals surface area contributed by atoms with E-state index in [-0.39, 0.29) is 5.56 Å². The lowest BCUT2D eigenvalue weighted by Crippen LogP contribution is -2.22. The molecule has 2 heteroatoms. The molecule has 0 spiro atoms. The van der Waals surface area contributed by atoms with Crippen LogP contribution in [0.5, 0.6) is 0 Å². The van der Waals surface area contributed by atoms with Gasteiger partial charge in [0.25, 0.3) is 5.56 Å². The van der Waals surface area contributed by atoms with Crippen molar-refractivity contribution in [1.29, 1.82) is 0 Å². The summed E-state index contributed by atoms with van der Waals surface area (Å²) in [6.45, 7) is 2.18. The Morgan fingerprint density at radius 2 is 1.89 bits per heavy atom. The zero-order valence-corrected chi connectivity index (χ0v) is 11.1. The Labute approximate surface area is 107 Å². The summed E-state index contributed by atoms with van der Waals surface area (Å²) in [6, 6.07) is 8.08. The van der Waals surface area contributed by atoms with E-state index in [0.717, 1.165) is 18.2 Å². The number of hydrogen-bond acceptors (Lipinski definition) is 1. The van der Waals surface area contributed by atoms with Crippen LogP contribution < -0.4 is 5.56 Å². The van der Waals surface area contributed by atoms with Crippen LogP contribution >= 0.6 is 0 Å². The van der Waals surface area contributed by atoms with Gasteiger partial charge in [-0.15, -0.1) is 0 Å². The first-order chi connectivity index (χ1) is 8.74. The first-order valence-corrected chi connectivity index (χ1v) is 6.84. The standard InChI is InChI=1S/C16H19NO/c1-3-6-14-15(11-9-10-11)12-7-4-5-8-13(12)16(18)17(14)2/h4-5,7-8,11H,3,6,9-10H2,1-2H3. The largest absolute Gasteiger partial charge is 0.315 e. The molecule has 1 aromatic carbocycles. The molecule has 0 aliphatic heterocycles. The molecule has 1 saturated carbocycles. The van der Waals surface area contributed by atoms with E-state index in [1.54, 1.807) is 0 Å². The first kappa shape index (κ1) is 11.5. The van der Waals surface area contributed by atoms with E-state index >= 15 is 0 Å². The van der Waals surface area contributed by atoms with Crippen molar-refractivity contribution < 1.29 is 0 Å². The van der Waals surface area contributed by atoms with E-state index in [9.17, 15) is 4.79 Å². The molecule has 0 atom stereocenters. The summed E-state index contributed by atoms with van der Waals surface area (Å²) < 4.78 is 1.87. The summed E-state index contributed by atoms with van der Waals surface area (Å²) in [5.41, 5.74) is 2.84. The highest BCUT2D eigenvalue weighted by molar-refractivity contribution is 5.86. The van der Waals surface area contributed by atoms with Gasteiger partial charge in [-0.1, -0.05) is 31.5 Å². The van der Waals surface area contributed by atoms with Gasteiger partial charge in [-0.2, -0.15) is 0 Å². The van der Waals surface area contributed by atoms with Crippen LogP contribution in [0.3, 0.4) is 0 Å². The molecule has 1 aromatic heterocycles. The second kappa shape index (κ2) is 4.27. The van der Waals surface area contributed by atoms with Crippen molar-refractivity contribution in [2.24, 2.45) is 7.05 Å². The van der Waals surface area contributed by atoms with E-state index in [2.05, 4.69) is 13.0 Å². The molecule has 0 amide bonds. The van der Waals surface area contributed by atoms with Crippen molar-refractivity contribution in [3.63, 3.8) is 0 Å². The maximum atomic E-state index is 12.4. The fourth-order valence-corrected chi connectivity index (χ4v) is 2.91. The van der Waals surface area contributed by atoms with Crippen LogP contribution in [0.4, 0.5) is 0 Å². The van der Waals surface area contributed by atoms with Crippen LogP contribution in [0.25, 0.3) is 10.8 Å². The van der Waals surface area contributed by atoms with Gasteiger partial charge in [0.15, 0.2) is 0 Å². The zero-order chi connectivity index (χ0) is 12.7. The van der Waals surface area contributed by atoms with Crippen molar-refractivity contribution in [3.05, 3.63) is 45.9 Å². The molecule has 2 aromatic rings. The monoisotopic (exact) mass is 241 g/mol. The summed E-state index contributed by atoms with van der Waals surface area (Å²) in [4.78, 5) is 12.4. The Kier molecular flexibility index (Phi) is 2.73. The van der Waals surface area contributed by atoms with Crippen LogP contribution in [0.2, 0.25) is 0 Å². The van der Waals surface area contributed by atoms with E-state index in [1.165, 1.54) is 29.5 Å². The Morgan fingerprint density at radius 3 is 2.50 bits per heavy atom. The van der Waals surface area contributed by atoms with E-state index in [1.807, 2.05) is 29.8 Å². The quantitative estimate of drug-likeness (QED) is 0.807. The molecular weight excluding hydrogens is 222 g/mol. The molecule has 1 aliphatic rings. The van der Waals surface area contributed by atoms with Crippen LogP contribution in [-0.4, -0.2) is 4.57 Å². The van der Waals surface area contributed by atoms with Gasteiger partial charge in [0.05, 0.1) is 0 Å². The lowest BCUT2D eigenvalue weighted by molar-refractivity contribution is 0.737. The van der Waals surface area contributed by atoms with Crippen LogP contribution in [-0.2, 0) is 13.5 Å². The SMILES string of the molecule is CCCc1c(C2CC2)c2ccccc2c(=O)n1C. The summed E-state index contributed by atoms with van der Waals surface area (Å²) >= 11 is 0. The highest BCUT2D eigenvalue weighted by atomic mass is 16.1. The second-order valence-corrected chi connectivity index (χ2v) is 5.29. The number of benzene rings is 1. The third-order valence-corrected chi connectivity index (χ3v) is 3.94. The van der Waals surface area contributed by atoms with Crippen LogP contribution in [0.1, 0.15) is 43.4 Å². The average Bonchev–Trinajstić information content (AvgIpc) is 3.20. The van der Waals surface area contributed by atoms with Crippen molar-refractivity contribution in [2.45, 2.75) is 38.5 Å². The van der Waals surface area contributed by atoms with E-state index in [0.29, 0.717) is 5.92 Å². The minimum Gasteiger partial charge on any atom is -0.315 e. The number of rotatable bonds is 3. The lowest BCUT2D eigenvalue weighted by atomic mass is 9.97. The molecule has 18 heavy (non-hydrogen) atoms. The molecule has 2 nitrogen and oxygen atoms in total. The highest BCUT2D eigenvalue weighted by Gasteiger charge is 2.29. The fourth-order valence-electron chi connectivity index (χ4n) is 2.91.